The van der Waals surface area contributed by atoms with Crippen molar-refractivity contribution >= 4 is 25.3 Å². The third kappa shape index (κ3) is 6.20. The topological polar surface area (TPSA) is 0 Å². The molecule has 0 spiro atoms. The Kier molecular flexibility index (Phi) is 5.84. The lowest BCUT2D eigenvalue weighted by molar-refractivity contribution is 0.419. The highest BCUT2D eigenvalue weighted by atomic mass is 32.1. The zero-order valence-electron chi connectivity index (χ0n) is 15.6. The molecule has 0 aliphatic heterocycles. The zero-order valence-corrected chi connectivity index (χ0v) is 17.4. The molecule has 0 heterocycles. The van der Waals surface area contributed by atoms with Crippen LogP contribution < -0.4 is 0 Å². The van der Waals surface area contributed by atoms with Crippen LogP contribution in [0.4, 0.5) is 0 Å². The molecule has 0 amide bonds. The average molecular weight is 339 g/mol. The van der Waals surface area contributed by atoms with Gasteiger partial charge in [-0.15, -0.1) is 0 Å². The molecule has 1 rings (SSSR count). The van der Waals surface area contributed by atoms with Crippen molar-refractivity contribution in [3.63, 3.8) is 0 Å². The van der Waals surface area contributed by atoms with Gasteiger partial charge in [0.1, 0.15) is 0 Å². The molecule has 0 unspecified atom stereocenters. The lowest BCUT2D eigenvalue weighted by Crippen LogP contribution is -2.29. The third-order valence-electron chi connectivity index (χ3n) is 4.20. The van der Waals surface area contributed by atoms with Gasteiger partial charge in [0.2, 0.25) is 0 Å². The molecule has 0 nitrogen and oxygen atoms in total. The van der Waals surface area contributed by atoms with E-state index >= 15 is 0 Å². The molecule has 2 heteroatoms. The van der Waals surface area contributed by atoms with Crippen molar-refractivity contribution in [1.82, 2.24) is 0 Å². The van der Waals surface area contributed by atoms with E-state index in [0.717, 1.165) is 12.8 Å². The molecule has 0 radical (unpaired) electrons. The highest BCUT2D eigenvalue weighted by Crippen LogP contribution is 2.38. The Bertz CT molecular complexity index is 435. The molecule has 0 atom stereocenters. The lowest BCUT2D eigenvalue weighted by atomic mass is 9.74. The minimum atomic E-state index is 0.0392. The Morgan fingerprint density at radius 3 is 1.00 bits per heavy atom. The minimum absolute atomic E-state index is 0.0392. The number of hydrogen-bond donors (Lipinski definition) is 2. The summed E-state index contributed by atoms with van der Waals surface area (Å²) in [6, 6.07) is 9.18. The molecule has 22 heavy (non-hydrogen) atoms. The number of benzene rings is 1. The maximum atomic E-state index is 4.70. The molecule has 0 aliphatic rings. The summed E-state index contributed by atoms with van der Waals surface area (Å²) < 4.78 is 0.0784. The Hall–Kier alpha value is -0.0800. The van der Waals surface area contributed by atoms with Crippen LogP contribution in [-0.4, -0.2) is 9.49 Å². The molecule has 0 saturated heterocycles. The molecule has 0 aromatic heterocycles. The first-order valence-electron chi connectivity index (χ1n) is 8.18. The van der Waals surface area contributed by atoms with E-state index in [-0.39, 0.29) is 20.3 Å². The van der Waals surface area contributed by atoms with Crippen LogP contribution in [0.2, 0.25) is 0 Å². The monoisotopic (exact) mass is 338 g/mol. The summed E-state index contributed by atoms with van der Waals surface area (Å²) in [5.41, 5.74) is 3.05. The SMILES string of the molecule is CC(C)(S)CC(C)(C)c1ccc(C(C)(C)CC(C)(C)S)cc1. The van der Waals surface area contributed by atoms with Crippen LogP contribution in [0.15, 0.2) is 24.3 Å². The minimum Gasteiger partial charge on any atom is -0.173 e. The van der Waals surface area contributed by atoms with Crippen LogP contribution in [0.1, 0.15) is 79.4 Å². The number of thiol groups is 2. The van der Waals surface area contributed by atoms with E-state index in [1.807, 2.05) is 0 Å². The smallest absolute Gasteiger partial charge is 0.00814 e. The predicted molar refractivity (Wildman–Crippen MR) is 108 cm³/mol. The summed E-state index contributed by atoms with van der Waals surface area (Å²) in [5, 5.41) is 0. The first kappa shape index (κ1) is 20.0. The second kappa shape index (κ2) is 6.43. The van der Waals surface area contributed by atoms with Crippen molar-refractivity contribution in [2.45, 2.75) is 88.6 Å². The van der Waals surface area contributed by atoms with Gasteiger partial charge in [-0.3, -0.25) is 0 Å². The quantitative estimate of drug-likeness (QED) is 0.548. The van der Waals surface area contributed by atoms with E-state index in [0.29, 0.717) is 0 Å². The van der Waals surface area contributed by atoms with Crippen LogP contribution in [0, 0.1) is 0 Å². The van der Waals surface area contributed by atoms with Crippen molar-refractivity contribution in [3.05, 3.63) is 35.4 Å². The van der Waals surface area contributed by atoms with Gasteiger partial charge in [-0.2, -0.15) is 25.3 Å². The van der Waals surface area contributed by atoms with E-state index in [1.54, 1.807) is 0 Å². The highest BCUT2D eigenvalue weighted by molar-refractivity contribution is 7.81. The van der Waals surface area contributed by atoms with Crippen LogP contribution in [0.3, 0.4) is 0 Å². The predicted octanol–water partition coefficient (Wildman–Crippen LogP) is 6.44. The van der Waals surface area contributed by atoms with Gasteiger partial charge < -0.3 is 0 Å². The van der Waals surface area contributed by atoms with E-state index in [9.17, 15) is 0 Å². The molecule has 1 aromatic carbocycles. The van der Waals surface area contributed by atoms with E-state index < -0.39 is 0 Å². The fraction of sp³-hybridized carbons (Fsp3) is 0.700. The van der Waals surface area contributed by atoms with Gasteiger partial charge in [0.15, 0.2) is 0 Å². The van der Waals surface area contributed by atoms with Crippen molar-refractivity contribution in [3.8, 4) is 0 Å². The fourth-order valence-electron chi connectivity index (χ4n) is 3.74. The van der Waals surface area contributed by atoms with Crippen molar-refractivity contribution in [2.24, 2.45) is 0 Å². The Labute approximate surface area is 149 Å². The third-order valence-corrected chi connectivity index (χ3v) is 4.51. The Morgan fingerprint density at radius 1 is 0.591 bits per heavy atom. The first-order valence-corrected chi connectivity index (χ1v) is 9.08. The highest BCUT2D eigenvalue weighted by Gasteiger charge is 2.30. The zero-order chi connectivity index (χ0) is 17.4. The van der Waals surface area contributed by atoms with E-state index in [2.05, 4.69) is 79.7 Å². The maximum absolute atomic E-state index is 4.70. The molecule has 0 N–H and O–H groups in total. The molecule has 0 fully saturated rings. The molecular formula is C20H34S2. The van der Waals surface area contributed by atoms with Crippen molar-refractivity contribution < 1.29 is 0 Å². The van der Waals surface area contributed by atoms with Gasteiger partial charge in [-0.1, -0.05) is 79.7 Å². The van der Waals surface area contributed by atoms with Gasteiger partial charge in [-0.25, -0.2) is 0 Å². The molecule has 0 saturated carbocycles. The van der Waals surface area contributed by atoms with Gasteiger partial charge in [0.25, 0.3) is 0 Å². The maximum Gasteiger partial charge on any atom is 0.00814 e. The van der Waals surface area contributed by atoms with E-state index in [4.69, 9.17) is 25.3 Å². The van der Waals surface area contributed by atoms with Crippen LogP contribution in [0.25, 0.3) is 0 Å². The number of rotatable bonds is 6. The van der Waals surface area contributed by atoms with E-state index in [1.165, 1.54) is 11.1 Å². The molecule has 0 aliphatic carbocycles. The molecule has 0 bridgehead atoms. The first-order chi connectivity index (χ1) is 9.62. The second-order valence-corrected chi connectivity index (χ2v) is 11.7. The summed E-state index contributed by atoms with van der Waals surface area (Å²) in [6.07, 6.45) is 2.10. The number of hydrogen-bond acceptors (Lipinski definition) is 2. The van der Waals surface area contributed by atoms with Gasteiger partial charge >= 0.3 is 0 Å². The molecular weight excluding hydrogens is 304 g/mol. The van der Waals surface area contributed by atoms with Crippen molar-refractivity contribution in [2.75, 3.05) is 0 Å². The summed E-state index contributed by atoms with van der Waals surface area (Å²) in [5.74, 6) is 0. The fourth-order valence-corrected chi connectivity index (χ4v) is 4.53. The molecule has 1 aromatic rings. The van der Waals surface area contributed by atoms with Gasteiger partial charge in [-0.05, 0) is 34.8 Å². The van der Waals surface area contributed by atoms with Crippen molar-refractivity contribution in [1.29, 1.82) is 0 Å². The van der Waals surface area contributed by atoms with Gasteiger partial charge in [0.05, 0.1) is 0 Å². The second-order valence-electron chi connectivity index (χ2n) is 9.32. The Morgan fingerprint density at radius 2 is 0.818 bits per heavy atom. The normalized spacial score (nSPS) is 14.3. The summed E-state index contributed by atoms with van der Waals surface area (Å²) in [7, 11) is 0. The largest absolute Gasteiger partial charge is 0.173 e. The summed E-state index contributed by atoms with van der Waals surface area (Å²) >= 11 is 9.41. The average Bonchev–Trinajstić information content (AvgIpc) is 2.22. The summed E-state index contributed by atoms with van der Waals surface area (Å²) in [6.45, 7) is 18.0. The Balaban J connectivity index is 3.00. The lowest BCUT2D eigenvalue weighted by Gasteiger charge is -2.34. The standard InChI is InChI=1S/C20H34S2/c1-17(2,13-19(5,6)21)15-9-11-16(12-10-15)18(3,4)14-20(7,8)22/h9-12,21-22H,13-14H2,1-8H3. The van der Waals surface area contributed by atoms with Crippen LogP contribution in [0.5, 0.6) is 0 Å². The van der Waals surface area contributed by atoms with Crippen LogP contribution >= 0.6 is 25.3 Å². The van der Waals surface area contributed by atoms with Gasteiger partial charge in [0, 0.05) is 9.49 Å². The van der Waals surface area contributed by atoms with Crippen LogP contribution in [-0.2, 0) is 10.8 Å². The molecule has 126 valence electrons. The summed E-state index contributed by atoms with van der Waals surface area (Å²) in [4.78, 5) is 0.